The third-order valence-corrected chi connectivity index (χ3v) is 13.0. The van der Waals surface area contributed by atoms with Gasteiger partial charge in [-0.2, -0.15) is 0 Å². The fraction of sp³-hybridized carbons (Fsp3) is 0.914. The van der Waals surface area contributed by atoms with E-state index < -0.39 is 6.10 Å². The van der Waals surface area contributed by atoms with Crippen molar-refractivity contribution in [1.29, 1.82) is 0 Å². The van der Waals surface area contributed by atoms with Crippen molar-refractivity contribution in [2.45, 2.75) is 329 Å². The van der Waals surface area contributed by atoms with E-state index in [-0.39, 0.29) is 31.1 Å². The van der Waals surface area contributed by atoms with Gasteiger partial charge < -0.3 is 14.2 Å². The minimum atomic E-state index is -0.767. The molecule has 0 N–H and O–H groups in total. The number of allylic oxidation sites excluding steroid dienone is 2. The predicted octanol–water partition coefficient (Wildman–Crippen LogP) is 18.9. The van der Waals surface area contributed by atoms with Crippen LogP contribution in [0.25, 0.3) is 0 Å². The van der Waals surface area contributed by atoms with Gasteiger partial charge in [-0.3, -0.25) is 14.4 Å². The van der Waals surface area contributed by atoms with Crippen LogP contribution in [-0.2, 0) is 28.6 Å². The van der Waals surface area contributed by atoms with Crippen LogP contribution in [0.1, 0.15) is 323 Å². The Labute approximate surface area is 399 Å². The second-order valence-corrected chi connectivity index (χ2v) is 19.6. The van der Waals surface area contributed by atoms with Crippen molar-refractivity contribution in [1.82, 2.24) is 0 Å². The van der Waals surface area contributed by atoms with Gasteiger partial charge in [0.15, 0.2) is 6.10 Å². The van der Waals surface area contributed by atoms with Gasteiger partial charge >= 0.3 is 17.9 Å². The summed E-state index contributed by atoms with van der Waals surface area (Å²) in [7, 11) is 0. The summed E-state index contributed by atoms with van der Waals surface area (Å²) < 4.78 is 16.9. The first-order valence-corrected chi connectivity index (χ1v) is 28.7. The smallest absolute Gasteiger partial charge is 0.306 e. The molecule has 0 aliphatic heterocycles. The second kappa shape index (κ2) is 53.8. The van der Waals surface area contributed by atoms with Gasteiger partial charge in [-0.05, 0) is 44.9 Å². The Morgan fingerprint density at radius 2 is 0.516 bits per heavy atom. The molecule has 1 unspecified atom stereocenters. The van der Waals surface area contributed by atoms with Gasteiger partial charge in [-0.15, -0.1) is 0 Å². The highest BCUT2D eigenvalue weighted by atomic mass is 16.6. The normalized spacial score (nSPS) is 12.0. The van der Waals surface area contributed by atoms with Gasteiger partial charge in [0.25, 0.3) is 0 Å². The number of hydrogen-bond donors (Lipinski definition) is 0. The van der Waals surface area contributed by atoms with E-state index in [0.717, 1.165) is 64.2 Å². The van der Waals surface area contributed by atoms with E-state index in [1.807, 2.05) is 0 Å². The summed E-state index contributed by atoms with van der Waals surface area (Å²) >= 11 is 0. The first kappa shape index (κ1) is 62.1. The van der Waals surface area contributed by atoms with Gasteiger partial charge in [-0.25, -0.2) is 0 Å². The average Bonchev–Trinajstić information content (AvgIpc) is 3.29. The van der Waals surface area contributed by atoms with Crippen molar-refractivity contribution < 1.29 is 28.6 Å². The van der Waals surface area contributed by atoms with Gasteiger partial charge in [0.1, 0.15) is 13.2 Å². The standard InChI is InChI=1S/C58H110O6/c1-4-7-10-13-16-19-22-25-27-29-30-32-33-36-39-42-45-48-51-57(60)63-54-55(53-62-56(59)50-47-44-41-38-35-24-21-18-15-12-9-6-3)64-58(61)52-49-46-43-40-37-34-31-28-26-23-20-17-14-11-8-5-2/h30,32,55H,4-29,31,33-54H2,1-3H3/b32-30-. The molecule has 0 aromatic rings. The SMILES string of the molecule is CCCCCCCCCCC/C=C\CCCCCCCC(=O)OCC(COC(=O)CCCCCCCCCCCCCC)OC(=O)CCCCCCCCCCCCCCCCCC. The first-order valence-electron chi connectivity index (χ1n) is 28.7. The van der Waals surface area contributed by atoms with Crippen LogP contribution in [-0.4, -0.2) is 37.2 Å². The van der Waals surface area contributed by atoms with Crippen molar-refractivity contribution in [3.8, 4) is 0 Å². The van der Waals surface area contributed by atoms with Crippen LogP contribution >= 0.6 is 0 Å². The summed E-state index contributed by atoms with van der Waals surface area (Å²) in [5, 5.41) is 0. The first-order chi connectivity index (χ1) is 31.5. The second-order valence-electron chi connectivity index (χ2n) is 19.6. The van der Waals surface area contributed by atoms with Crippen LogP contribution in [0.3, 0.4) is 0 Å². The lowest BCUT2D eigenvalue weighted by Gasteiger charge is -2.18. The zero-order chi connectivity index (χ0) is 46.5. The molecule has 6 nitrogen and oxygen atoms in total. The van der Waals surface area contributed by atoms with E-state index in [2.05, 4.69) is 32.9 Å². The van der Waals surface area contributed by atoms with Crippen LogP contribution in [0.5, 0.6) is 0 Å². The molecular weight excluding hydrogens is 793 g/mol. The molecule has 0 aromatic carbocycles. The summed E-state index contributed by atoms with van der Waals surface area (Å²) in [5.41, 5.74) is 0. The topological polar surface area (TPSA) is 78.9 Å². The fourth-order valence-electron chi connectivity index (χ4n) is 8.68. The summed E-state index contributed by atoms with van der Waals surface area (Å²) in [6.07, 6.45) is 60.6. The molecular formula is C58H110O6. The molecule has 1 atom stereocenters. The third kappa shape index (κ3) is 51.1. The molecule has 0 radical (unpaired) electrons. The highest BCUT2D eigenvalue weighted by Crippen LogP contribution is 2.17. The van der Waals surface area contributed by atoms with Gasteiger partial charge in [0, 0.05) is 19.3 Å². The molecule has 0 aliphatic rings. The van der Waals surface area contributed by atoms with E-state index in [0.29, 0.717) is 19.3 Å². The van der Waals surface area contributed by atoms with Crippen molar-refractivity contribution in [3.05, 3.63) is 12.2 Å². The molecule has 0 saturated heterocycles. The molecule has 0 rings (SSSR count). The van der Waals surface area contributed by atoms with Gasteiger partial charge in [-0.1, -0.05) is 270 Å². The van der Waals surface area contributed by atoms with Crippen molar-refractivity contribution in [2.75, 3.05) is 13.2 Å². The molecule has 0 amide bonds. The molecule has 0 aliphatic carbocycles. The molecule has 0 bridgehead atoms. The van der Waals surface area contributed by atoms with Crippen molar-refractivity contribution in [2.24, 2.45) is 0 Å². The van der Waals surface area contributed by atoms with E-state index in [1.54, 1.807) is 0 Å². The third-order valence-electron chi connectivity index (χ3n) is 13.0. The molecule has 0 spiro atoms. The van der Waals surface area contributed by atoms with E-state index in [1.165, 1.54) is 218 Å². The van der Waals surface area contributed by atoms with Gasteiger partial charge in [0.05, 0.1) is 0 Å². The number of unbranched alkanes of at least 4 members (excludes halogenated alkanes) is 40. The Bertz CT molecular complexity index is 993. The molecule has 0 aromatic heterocycles. The summed E-state index contributed by atoms with van der Waals surface area (Å²) in [6, 6.07) is 0. The molecule has 0 heterocycles. The largest absolute Gasteiger partial charge is 0.462 e. The Morgan fingerprint density at radius 1 is 0.297 bits per heavy atom. The summed E-state index contributed by atoms with van der Waals surface area (Å²) in [5.74, 6) is -0.852. The number of esters is 3. The lowest BCUT2D eigenvalue weighted by atomic mass is 10.0. The van der Waals surface area contributed by atoms with E-state index >= 15 is 0 Å². The highest BCUT2D eigenvalue weighted by molar-refractivity contribution is 5.71. The van der Waals surface area contributed by atoms with Crippen LogP contribution in [0, 0.1) is 0 Å². The molecule has 6 heteroatoms. The predicted molar refractivity (Wildman–Crippen MR) is 275 cm³/mol. The summed E-state index contributed by atoms with van der Waals surface area (Å²) in [6.45, 7) is 6.68. The Hall–Kier alpha value is -1.85. The van der Waals surface area contributed by atoms with E-state index in [4.69, 9.17) is 14.2 Å². The lowest BCUT2D eigenvalue weighted by molar-refractivity contribution is -0.167. The van der Waals surface area contributed by atoms with Crippen molar-refractivity contribution >= 4 is 17.9 Å². The zero-order valence-corrected chi connectivity index (χ0v) is 43.3. The Morgan fingerprint density at radius 3 is 0.781 bits per heavy atom. The highest BCUT2D eigenvalue weighted by Gasteiger charge is 2.19. The monoisotopic (exact) mass is 903 g/mol. The molecule has 0 fully saturated rings. The number of carbonyl (C=O) groups is 3. The number of hydrogen-bond acceptors (Lipinski definition) is 6. The minimum absolute atomic E-state index is 0.0668. The van der Waals surface area contributed by atoms with Crippen LogP contribution in [0.4, 0.5) is 0 Å². The maximum Gasteiger partial charge on any atom is 0.306 e. The minimum Gasteiger partial charge on any atom is -0.462 e. The maximum absolute atomic E-state index is 12.8. The number of rotatable bonds is 53. The average molecular weight is 904 g/mol. The quantitative estimate of drug-likeness (QED) is 0.0262. The van der Waals surface area contributed by atoms with Gasteiger partial charge in [0.2, 0.25) is 0 Å². The molecule has 0 saturated carbocycles. The van der Waals surface area contributed by atoms with Crippen molar-refractivity contribution in [3.63, 3.8) is 0 Å². The van der Waals surface area contributed by atoms with Crippen LogP contribution in [0.15, 0.2) is 12.2 Å². The zero-order valence-electron chi connectivity index (χ0n) is 43.3. The van der Waals surface area contributed by atoms with Crippen LogP contribution < -0.4 is 0 Å². The lowest BCUT2D eigenvalue weighted by Crippen LogP contribution is -2.30. The fourth-order valence-corrected chi connectivity index (χ4v) is 8.68. The van der Waals surface area contributed by atoms with Crippen LogP contribution in [0.2, 0.25) is 0 Å². The number of ether oxygens (including phenoxy) is 3. The Balaban J connectivity index is 4.30. The molecule has 64 heavy (non-hydrogen) atoms. The summed E-state index contributed by atoms with van der Waals surface area (Å²) in [4.78, 5) is 38.1. The Kier molecular flexibility index (Phi) is 52.2. The maximum atomic E-state index is 12.8. The van der Waals surface area contributed by atoms with E-state index in [9.17, 15) is 14.4 Å². The number of carbonyl (C=O) groups excluding carboxylic acids is 3. The molecule has 378 valence electrons.